The molecular formula is C14H26O4. The Morgan fingerprint density at radius 1 is 1.22 bits per heavy atom. The average molecular weight is 258 g/mol. The molecule has 1 atom stereocenters. The normalized spacial score (nSPS) is 12.2. The Balaban J connectivity index is 3.38. The van der Waals surface area contributed by atoms with Crippen LogP contribution in [0.5, 0.6) is 0 Å². The Kier molecular flexibility index (Phi) is 10.7. The van der Waals surface area contributed by atoms with Gasteiger partial charge in [0.1, 0.15) is 0 Å². The first-order valence-electron chi connectivity index (χ1n) is 6.77. The lowest BCUT2D eigenvalue weighted by Crippen LogP contribution is -2.12. The molecule has 0 saturated heterocycles. The second-order valence-electron chi connectivity index (χ2n) is 4.62. The third-order valence-corrected chi connectivity index (χ3v) is 2.55. The van der Waals surface area contributed by atoms with Crippen LogP contribution in [0.2, 0.25) is 0 Å². The van der Waals surface area contributed by atoms with E-state index in [1.165, 1.54) is 25.7 Å². The standard InChI is InChI=1S/C14H26O4/c1-4-5-6-7-8-9-10-17-18-14(16)12(2)11-13(3)15/h13,15H,2,4-11H2,1,3H3. The van der Waals surface area contributed by atoms with Gasteiger partial charge in [-0.05, 0) is 13.3 Å². The number of aliphatic hydroxyl groups is 1. The minimum Gasteiger partial charge on any atom is -0.393 e. The minimum atomic E-state index is -0.595. The van der Waals surface area contributed by atoms with E-state index in [-0.39, 0.29) is 12.0 Å². The third kappa shape index (κ3) is 10.3. The Labute approximate surface area is 110 Å². The highest BCUT2D eigenvalue weighted by Gasteiger charge is 2.11. The molecule has 18 heavy (non-hydrogen) atoms. The molecule has 0 aromatic heterocycles. The van der Waals surface area contributed by atoms with Gasteiger partial charge in [0.2, 0.25) is 0 Å². The summed E-state index contributed by atoms with van der Waals surface area (Å²) >= 11 is 0. The SMILES string of the molecule is C=C(CC(C)O)C(=O)OOCCCCCCCC. The summed E-state index contributed by atoms with van der Waals surface area (Å²) in [7, 11) is 0. The smallest absolute Gasteiger partial charge is 0.368 e. The summed E-state index contributed by atoms with van der Waals surface area (Å²) in [6.07, 6.45) is 6.55. The van der Waals surface area contributed by atoms with Gasteiger partial charge in [0.15, 0.2) is 0 Å². The predicted octanol–water partition coefficient (Wildman–Crippen LogP) is 3.15. The Morgan fingerprint density at radius 2 is 1.83 bits per heavy atom. The molecule has 0 rings (SSSR count). The predicted molar refractivity (Wildman–Crippen MR) is 70.9 cm³/mol. The van der Waals surface area contributed by atoms with Crippen molar-refractivity contribution in [3.8, 4) is 0 Å². The monoisotopic (exact) mass is 258 g/mol. The fourth-order valence-corrected chi connectivity index (χ4v) is 1.54. The molecule has 0 aliphatic carbocycles. The zero-order chi connectivity index (χ0) is 13.8. The van der Waals surface area contributed by atoms with Gasteiger partial charge < -0.3 is 5.11 Å². The van der Waals surface area contributed by atoms with Crippen molar-refractivity contribution in [3.63, 3.8) is 0 Å². The highest BCUT2D eigenvalue weighted by molar-refractivity contribution is 5.87. The molecule has 0 aliphatic heterocycles. The number of hydrogen-bond donors (Lipinski definition) is 1. The summed E-state index contributed by atoms with van der Waals surface area (Å²) in [4.78, 5) is 20.7. The zero-order valence-electron chi connectivity index (χ0n) is 11.6. The van der Waals surface area contributed by atoms with Crippen molar-refractivity contribution in [2.24, 2.45) is 0 Å². The molecule has 0 fully saturated rings. The number of carbonyl (C=O) groups excluding carboxylic acids is 1. The van der Waals surface area contributed by atoms with E-state index in [9.17, 15) is 4.79 Å². The topological polar surface area (TPSA) is 55.8 Å². The van der Waals surface area contributed by atoms with Crippen LogP contribution in [-0.2, 0) is 14.6 Å². The molecule has 0 bridgehead atoms. The van der Waals surface area contributed by atoms with Crippen LogP contribution in [0.15, 0.2) is 12.2 Å². The van der Waals surface area contributed by atoms with Crippen LogP contribution in [-0.4, -0.2) is 23.8 Å². The fourth-order valence-electron chi connectivity index (χ4n) is 1.54. The van der Waals surface area contributed by atoms with Gasteiger partial charge in [-0.25, -0.2) is 4.79 Å². The molecule has 0 aromatic rings. The Hall–Kier alpha value is -0.870. The summed E-state index contributed by atoms with van der Waals surface area (Å²) < 4.78 is 0. The van der Waals surface area contributed by atoms with Crippen molar-refractivity contribution in [1.29, 1.82) is 0 Å². The van der Waals surface area contributed by atoms with Crippen LogP contribution in [0, 0.1) is 0 Å². The highest BCUT2D eigenvalue weighted by atomic mass is 17.2. The maximum atomic E-state index is 11.3. The van der Waals surface area contributed by atoms with Gasteiger partial charge in [0.25, 0.3) is 0 Å². The van der Waals surface area contributed by atoms with Crippen LogP contribution in [0.25, 0.3) is 0 Å². The first-order valence-corrected chi connectivity index (χ1v) is 6.77. The maximum Gasteiger partial charge on any atom is 0.368 e. The Morgan fingerprint density at radius 3 is 2.44 bits per heavy atom. The fraction of sp³-hybridized carbons (Fsp3) is 0.786. The van der Waals surface area contributed by atoms with E-state index in [2.05, 4.69) is 18.4 Å². The molecule has 0 aliphatic rings. The van der Waals surface area contributed by atoms with E-state index in [0.717, 1.165) is 12.8 Å². The van der Waals surface area contributed by atoms with Gasteiger partial charge in [-0.3, -0.25) is 4.89 Å². The zero-order valence-corrected chi connectivity index (χ0v) is 11.6. The maximum absolute atomic E-state index is 11.3. The van der Waals surface area contributed by atoms with E-state index in [1.54, 1.807) is 6.92 Å². The quantitative estimate of drug-likeness (QED) is 0.268. The van der Waals surface area contributed by atoms with Gasteiger partial charge in [-0.15, -0.1) is 0 Å². The molecule has 0 amide bonds. The first-order chi connectivity index (χ1) is 8.57. The van der Waals surface area contributed by atoms with Gasteiger partial charge >= 0.3 is 5.97 Å². The molecule has 0 radical (unpaired) electrons. The van der Waals surface area contributed by atoms with E-state index < -0.39 is 12.1 Å². The third-order valence-electron chi connectivity index (χ3n) is 2.55. The van der Waals surface area contributed by atoms with Crippen LogP contribution in [0.4, 0.5) is 0 Å². The van der Waals surface area contributed by atoms with Crippen molar-refractivity contribution >= 4 is 5.97 Å². The van der Waals surface area contributed by atoms with Gasteiger partial charge in [-0.1, -0.05) is 45.6 Å². The summed E-state index contributed by atoms with van der Waals surface area (Å²) in [5.74, 6) is -0.595. The molecule has 1 unspecified atom stereocenters. The molecule has 4 nitrogen and oxygen atoms in total. The van der Waals surface area contributed by atoms with Crippen LogP contribution in [0.1, 0.15) is 58.8 Å². The van der Waals surface area contributed by atoms with Crippen LogP contribution in [0.3, 0.4) is 0 Å². The van der Waals surface area contributed by atoms with Crippen molar-refractivity contribution in [3.05, 3.63) is 12.2 Å². The average Bonchev–Trinajstić information content (AvgIpc) is 2.31. The number of aliphatic hydroxyl groups excluding tert-OH is 1. The summed E-state index contributed by atoms with van der Waals surface area (Å²) in [5, 5.41) is 9.07. The molecule has 4 heteroatoms. The molecule has 0 spiro atoms. The van der Waals surface area contributed by atoms with Crippen molar-refractivity contribution < 1.29 is 19.7 Å². The van der Waals surface area contributed by atoms with Crippen molar-refractivity contribution in [1.82, 2.24) is 0 Å². The summed E-state index contributed by atoms with van der Waals surface area (Å²) in [6.45, 7) is 7.72. The van der Waals surface area contributed by atoms with Crippen LogP contribution < -0.4 is 0 Å². The minimum absolute atomic E-state index is 0.208. The van der Waals surface area contributed by atoms with Crippen molar-refractivity contribution in [2.75, 3.05) is 6.61 Å². The van der Waals surface area contributed by atoms with E-state index in [1.807, 2.05) is 0 Å². The lowest BCUT2D eigenvalue weighted by molar-refractivity contribution is -0.269. The number of rotatable bonds is 11. The lowest BCUT2D eigenvalue weighted by Gasteiger charge is -2.07. The van der Waals surface area contributed by atoms with E-state index in [4.69, 9.17) is 9.99 Å². The summed E-state index contributed by atoms with van der Waals surface area (Å²) in [5.41, 5.74) is 0.230. The van der Waals surface area contributed by atoms with Crippen molar-refractivity contribution in [2.45, 2.75) is 64.9 Å². The molecule has 106 valence electrons. The van der Waals surface area contributed by atoms with E-state index in [0.29, 0.717) is 6.61 Å². The molecule has 0 saturated carbocycles. The van der Waals surface area contributed by atoms with Gasteiger partial charge in [0.05, 0.1) is 12.7 Å². The van der Waals surface area contributed by atoms with Crippen LogP contribution >= 0.6 is 0 Å². The first kappa shape index (κ1) is 17.1. The second-order valence-corrected chi connectivity index (χ2v) is 4.62. The summed E-state index contributed by atoms with van der Waals surface area (Å²) in [6, 6.07) is 0. The number of carbonyl (C=O) groups is 1. The van der Waals surface area contributed by atoms with Gasteiger partial charge in [0, 0.05) is 12.0 Å². The number of unbranched alkanes of at least 4 members (excludes halogenated alkanes) is 5. The van der Waals surface area contributed by atoms with E-state index >= 15 is 0 Å². The molecule has 1 N–H and O–H groups in total. The molecule has 0 heterocycles. The number of hydrogen-bond acceptors (Lipinski definition) is 4. The van der Waals surface area contributed by atoms with Gasteiger partial charge in [-0.2, -0.15) is 4.89 Å². The second kappa shape index (κ2) is 11.2. The lowest BCUT2D eigenvalue weighted by atomic mass is 10.1. The largest absolute Gasteiger partial charge is 0.393 e. The molecule has 0 aromatic carbocycles. The molecular weight excluding hydrogens is 232 g/mol. The Bertz CT molecular complexity index is 236. The highest BCUT2D eigenvalue weighted by Crippen LogP contribution is 2.07.